The maximum absolute atomic E-state index is 11.4. The fourth-order valence-electron chi connectivity index (χ4n) is 1.24. The Balaban J connectivity index is 2.39. The number of Topliss-reactive ketones (excluding diaryl/α,β-unsaturated/α-hetero) is 1. The number of hydrogen-bond donors (Lipinski definition) is 0. The Labute approximate surface area is 96.1 Å². The molecular formula is C13H17NO2. The van der Waals surface area contributed by atoms with Gasteiger partial charge in [-0.15, -0.1) is 0 Å². The maximum Gasteiger partial charge on any atom is 0.180 e. The number of carbonyl (C=O) groups excluding carboxylic acids is 1. The van der Waals surface area contributed by atoms with Crippen molar-refractivity contribution in [3.05, 3.63) is 35.9 Å². The van der Waals surface area contributed by atoms with Crippen molar-refractivity contribution in [1.82, 2.24) is 0 Å². The van der Waals surface area contributed by atoms with Gasteiger partial charge in [0.25, 0.3) is 0 Å². The van der Waals surface area contributed by atoms with E-state index >= 15 is 0 Å². The predicted molar refractivity (Wildman–Crippen MR) is 64.3 cm³/mol. The van der Waals surface area contributed by atoms with Crippen LogP contribution in [0.15, 0.2) is 35.5 Å². The Morgan fingerprint density at radius 2 is 2.00 bits per heavy atom. The molecule has 0 atom stereocenters. The van der Waals surface area contributed by atoms with Crippen molar-refractivity contribution < 1.29 is 9.63 Å². The van der Waals surface area contributed by atoms with Gasteiger partial charge < -0.3 is 4.84 Å². The zero-order valence-corrected chi connectivity index (χ0v) is 9.77. The molecule has 0 saturated carbocycles. The lowest BCUT2D eigenvalue weighted by Crippen LogP contribution is -2.09. The molecule has 16 heavy (non-hydrogen) atoms. The predicted octanol–water partition coefficient (Wildman–Crippen LogP) is 2.95. The van der Waals surface area contributed by atoms with Gasteiger partial charge in [0, 0.05) is 6.42 Å². The van der Waals surface area contributed by atoms with E-state index in [4.69, 9.17) is 4.84 Å². The van der Waals surface area contributed by atoms with Crippen LogP contribution in [0.3, 0.4) is 0 Å². The first-order chi connectivity index (χ1) is 7.74. The van der Waals surface area contributed by atoms with Crippen LogP contribution in [0.1, 0.15) is 32.3 Å². The molecule has 0 radical (unpaired) electrons. The van der Waals surface area contributed by atoms with Crippen LogP contribution in [-0.2, 0) is 16.2 Å². The minimum Gasteiger partial charge on any atom is -0.391 e. The fourth-order valence-corrected chi connectivity index (χ4v) is 1.24. The molecule has 0 saturated heterocycles. The van der Waals surface area contributed by atoms with Crippen LogP contribution in [0.5, 0.6) is 0 Å². The van der Waals surface area contributed by atoms with E-state index in [1.54, 1.807) is 6.92 Å². The number of benzene rings is 1. The zero-order valence-electron chi connectivity index (χ0n) is 9.77. The standard InChI is InChI=1S/C13H17NO2/c1-3-7-13(15)11(2)14-16-10-12-8-5-4-6-9-12/h4-6,8-9H,3,7,10H2,1-2H3/b14-11+. The Morgan fingerprint density at radius 3 is 2.62 bits per heavy atom. The van der Waals surface area contributed by atoms with Crippen LogP contribution in [0.2, 0.25) is 0 Å². The van der Waals surface area contributed by atoms with Gasteiger partial charge in [-0.3, -0.25) is 4.79 Å². The monoisotopic (exact) mass is 219 g/mol. The second kappa shape index (κ2) is 6.77. The van der Waals surface area contributed by atoms with E-state index in [1.807, 2.05) is 37.3 Å². The molecule has 1 rings (SSSR count). The molecule has 0 spiro atoms. The summed E-state index contributed by atoms with van der Waals surface area (Å²) in [6.07, 6.45) is 1.37. The van der Waals surface area contributed by atoms with Crippen LogP contribution in [0, 0.1) is 0 Å². The average molecular weight is 219 g/mol. The topological polar surface area (TPSA) is 38.7 Å². The highest BCUT2D eigenvalue weighted by molar-refractivity contribution is 6.38. The minimum absolute atomic E-state index is 0.0514. The van der Waals surface area contributed by atoms with Gasteiger partial charge in [0.1, 0.15) is 12.3 Å². The highest BCUT2D eigenvalue weighted by Crippen LogP contribution is 2.01. The van der Waals surface area contributed by atoms with Crippen molar-refractivity contribution in [2.75, 3.05) is 0 Å². The summed E-state index contributed by atoms with van der Waals surface area (Å²) in [6.45, 7) is 4.05. The molecule has 3 heteroatoms. The first-order valence-corrected chi connectivity index (χ1v) is 5.47. The van der Waals surface area contributed by atoms with Crippen molar-refractivity contribution in [2.45, 2.75) is 33.3 Å². The smallest absolute Gasteiger partial charge is 0.180 e. The van der Waals surface area contributed by atoms with Crippen LogP contribution < -0.4 is 0 Å². The summed E-state index contributed by atoms with van der Waals surface area (Å²) in [6, 6.07) is 9.75. The summed E-state index contributed by atoms with van der Waals surface area (Å²) in [5.41, 5.74) is 1.49. The minimum atomic E-state index is 0.0514. The molecule has 0 aromatic heterocycles. The van der Waals surface area contributed by atoms with Crippen molar-refractivity contribution in [3.8, 4) is 0 Å². The number of carbonyl (C=O) groups is 1. The molecule has 3 nitrogen and oxygen atoms in total. The van der Waals surface area contributed by atoms with Crippen LogP contribution in [0.25, 0.3) is 0 Å². The molecule has 0 fully saturated rings. The highest BCUT2D eigenvalue weighted by Gasteiger charge is 2.04. The van der Waals surface area contributed by atoms with Crippen molar-refractivity contribution in [1.29, 1.82) is 0 Å². The van der Waals surface area contributed by atoms with Crippen LogP contribution in [0.4, 0.5) is 0 Å². The van der Waals surface area contributed by atoms with E-state index < -0.39 is 0 Å². The summed E-state index contributed by atoms with van der Waals surface area (Å²) < 4.78 is 0. The van der Waals surface area contributed by atoms with E-state index in [2.05, 4.69) is 5.16 Å². The Morgan fingerprint density at radius 1 is 1.31 bits per heavy atom. The van der Waals surface area contributed by atoms with Crippen LogP contribution in [-0.4, -0.2) is 11.5 Å². The largest absolute Gasteiger partial charge is 0.391 e. The van der Waals surface area contributed by atoms with Gasteiger partial charge in [0.05, 0.1) is 0 Å². The van der Waals surface area contributed by atoms with Crippen molar-refractivity contribution in [3.63, 3.8) is 0 Å². The third-order valence-electron chi connectivity index (χ3n) is 2.16. The van der Waals surface area contributed by atoms with Gasteiger partial charge in [0.2, 0.25) is 0 Å². The second-order valence-electron chi connectivity index (χ2n) is 3.61. The normalized spacial score (nSPS) is 11.2. The number of nitrogens with zero attached hydrogens (tertiary/aromatic N) is 1. The molecule has 1 aromatic rings. The van der Waals surface area contributed by atoms with Gasteiger partial charge in [-0.05, 0) is 18.9 Å². The summed E-state index contributed by atoms with van der Waals surface area (Å²) in [5.74, 6) is 0.0514. The summed E-state index contributed by atoms with van der Waals surface area (Å²) in [7, 11) is 0. The van der Waals surface area contributed by atoms with E-state index in [0.717, 1.165) is 12.0 Å². The fraction of sp³-hybridized carbons (Fsp3) is 0.385. The lowest BCUT2D eigenvalue weighted by atomic mass is 10.2. The highest BCUT2D eigenvalue weighted by atomic mass is 16.6. The lowest BCUT2D eigenvalue weighted by Gasteiger charge is -2.01. The Kier molecular flexibility index (Phi) is 5.26. The first-order valence-electron chi connectivity index (χ1n) is 5.47. The quantitative estimate of drug-likeness (QED) is 0.545. The Bertz CT molecular complexity index is 357. The maximum atomic E-state index is 11.4. The molecule has 0 N–H and O–H groups in total. The molecule has 1 aromatic carbocycles. The number of ketones is 1. The van der Waals surface area contributed by atoms with E-state index in [1.165, 1.54) is 0 Å². The molecule has 0 aliphatic rings. The van der Waals surface area contributed by atoms with Crippen LogP contribution >= 0.6 is 0 Å². The number of hydrogen-bond acceptors (Lipinski definition) is 3. The zero-order chi connectivity index (χ0) is 11.8. The molecule has 0 amide bonds. The second-order valence-corrected chi connectivity index (χ2v) is 3.61. The van der Waals surface area contributed by atoms with E-state index in [-0.39, 0.29) is 5.78 Å². The molecular weight excluding hydrogens is 202 g/mol. The van der Waals surface area contributed by atoms with Gasteiger partial charge in [-0.2, -0.15) is 0 Å². The first kappa shape index (κ1) is 12.4. The summed E-state index contributed by atoms with van der Waals surface area (Å²) >= 11 is 0. The van der Waals surface area contributed by atoms with Gasteiger partial charge >= 0.3 is 0 Å². The van der Waals surface area contributed by atoms with Crippen molar-refractivity contribution in [2.24, 2.45) is 5.16 Å². The third kappa shape index (κ3) is 4.26. The van der Waals surface area contributed by atoms with Gasteiger partial charge in [-0.25, -0.2) is 0 Å². The third-order valence-corrected chi connectivity index (χ3v) is 2.16. The van der Waals surface area contributed by atoms with E-state index in [9.17, 15) is 4.79 Å². The summed E-state index contributed by atoms with van der Waals surface area (Å²) in [5, 5.41) is 3.81. The SMILES string of the molecule is CCCC(=O)/C(C)=N/OCc1ccccc1. The van der Waals surface area contributed by atoms with Crippen molar-refractivity contribution >= 4 is 11.5 Å². The molecule has 0 heterocycles. The molecule has 0 aliphatic heterocycles. The average Bonchev–Trinajstić information content (AvgIpc) is 2.30. The van der Waals surface area contributed by atoms with Gasteiger partial charge in [-0.1, -0.05) is 42.4 Å². The Hall–Kier alpha value is -1.64. The number of oxime groups is 1. The summed E-state index contributed by atoms with van der Waals surface area (Å²) in [4.78, 5) is 16.5. The molecule has 86 valence electrons. The van der Waals surface area contributed by atoms with Gasteiger partial charge in [0.15, 0.2) is 5.78 Å². The molecule has 0 bridgehead atoms. The number of rotatable bonds is 6. The molecule has 0 unspecified atom stereocenters. The van der Waals surface area contributed by atoms with E-state index in [0.29, 0.717) is 18.7 Å². The lowest BCUT2D eigenvalue weighted by molar-refractivity contribution is -0.113. The molecule has 0 aliphatic carbocycles.